The summed E-state index contributed by atoms with van der Waals surface area (Å²) in [5.74, 6) is 0. The summed E-state index contributed by atoms with van der Waals surface area (Å²) in [4.78, 5) is 0. The van der Waals surface area contributed by atoms with Gasteiger partial charge >= 0.3 is 0 Å². The van der Waals surface area contributed by atoms with Crippen molar-refractivity contribution in [3.63, 3.8) is 0 Å². The van der Waals surface area contributed by atoms with E-state index in [1.807, 2.05) is 0 Å². The number of benzene rings is 1. The first kappa shape index (κ1) is 9.43. The standard InChI is InChI=1S/C10H12INO/c11-9-2-1-7-5-12-10(6-13)4-8(7)3-9/h1-3,10,12-13H,4-6H2/t10-/m1/s1. The summed E-state index contributed by atoms with van der Waals surface area (Å²) >= 11 is 2.32. The second-order valence-electron chi connectivity index (χ2n) is 3.38. The molecule has 1 heterocycles. The van der Waals surface area contributed by atoms with Gasteiger partial charge in [0.15, 0.2) is 0 Å². The number of halogens is 1. The van der Waals surface area contributed by atoms with E-state index in [0.29, 0.717) is 0 Å². The average molecular weight is 289 g/mol. The predicted octanol–water partition coefficient (Wildman–Crippen LogP) is 1.30. The fourth-order valence-corrected chi connectivity index (χ4v) is 2.23. The lowest BCUT2D eigenvalue weighted by Gasteiger charge is -2.24. The van der Waals surface area contributed by atoms with Crippen LogP contribution in [0.3, 0.4) is 0 Å². The first-order chi connectivity index (χ1) is 6.29. The van der Waals surface area contributed by atoms with Crippen LogP contribution >= 0.6 is 22.6 Å². The summed E-state index contributed by atoms with van der Waals surface area (Å²) in [6, 6.07) is 6.74. The molecule has 3 heteroatoms. The molecule has 70 valence electrons. The molecule has 0 saturated carbocycles. The number of aliphatic hydroxyl groups is 1. The second-order valence-corrected chi connectivity index (χ2v) is 4.62. The van der Waals surface area contributed by atoms with E-state index in [1.54, 1.807) is 0 Å². The minimum Gasteiger partial charge on any atom is -0.395 e. The summed E-state index contributed by atoms with van der Waals surface area (Å²) < 4.78 is 1.27. The Morgan fingerprint density at radius 2 is 2.31 bits per heavy atom. The van der Waals surface area contributed by atoms with Gasteiger partial charge in [0, 0.05) is 16.2 Å². The number of hydrogen-bond donors (Lipinski definition) is 2. The Kier molecular flexibility index (Phi) is 2.86. The van der Waals surface area contributed by atoms with Crippen LogP contribution < -0.4 is 5.32 Å². The normalized spacial score (nSPS) is 21.2. The van der Waals surface area contributed by atoms with Crippen LogP contribution in [-0.2, 0) is 13.0 Å². The van der Waals surface area contributed by atoms with Gasteiger partial charge < -0.3 is 10.4 Å². The quantitative estimate of drug-likeness (QED) is 0.764. The van der Waals surface area contributed by atoms with Gasteiger partial charge in [-0.15, -0.1) is 0 Å². The van der Waals surface area contributed by atoms with Crippen LogP contribution in [0.2, 0.25) is 0 Å². The van der Waals surface area contributed by atoms with Gasteiger partial charge in [-0.25, -0.2) is 0 Å². The molecular weight excluding hydrogens is 277 g/mol. The Labute approximate surface area is 91.5 Å². The van der Waals surface area contributed by atoms with Gasteiger partial charge in [0.05, 0.1) is 6.61 Å². The van der Waals surface area contributed by atoms with Crippen molar-refractivity contribution in [3.8, 4) is 0 Å². The van der Waals surface area contributed by atoms with Crippen LogP contribution in [0.25, 0.3) is 0 Å². The molecule has 1 aliphatic rings. The number of rotatable bonds is 1. The van der Waals surface area contributed by atoms with Crippen molar-refractivity contribution in [2.75, 3.05) is 6.61 Å². The summed E-state index contributed by atoms with van der Waals surface area (Å²) in [5.41, 5.74) is 2.75. The number of fused-ring (bicyclic) bond motifs is 1. The van der Waals surface area contributed by atoms with Crippen molar-refractivity contribution < 1.29 is 5.11 Å². The molecule has 0 spiro atoms. The van der Waals surface area contributed by atoms with Crippen molar-refractivity contribution in [3.05, 3.63) is 32.9 Å². The Bertz CT molecular complexity index is 314. The Morgan fingerprint density at radius 1 is 1.46 bits per heavy atom. The molecule has 0 saturated heterocycles. The highest BCUT2D eigenvalue weighted by Gasteiger charge is 2.16. The van der Waals surface area contributed by atoms with Crippen LogP contribution in [0.5, 0.6) is 0 Å². The van der Waals surface area contributed by atoms with Crippen molar-refractivity contribution in [2.45, 2.75) is 19.0 Å². The maximum atomic E-state index is 9.02. The SMILES string of the molecule is OC[C@H]1Cc2cc(I)ccc2CN1. The fraction of sp³-hybridized carbons (Fsp3) is 0.400. The molecule has 0 aromatic heterocycles. The molecule has 1 atom stereocenters. The summed E-state index contributed by atoms with van der Waals surface area (Å²) in [5, 5.41) is 12.3. The van der Waals surface area contributed by atoms with Gasteiger partial charge in [-0.3, -0.25) is 0 Å². The van der Waals surface area contributed by atoms with Crippen molar-refractivity contribution in [2.24, 2.45) is 0 Å². The second kappa shape index (κ2) is 3.94. The number of hydrogen-bond acceptors (Lipinski definition) is 2. The molecule has 1 aromatic rings. The van der Waals surface area contributed by atoms with Gasteiger partial charge in [0.1, 0.15) is 0 Å². The van der Waals surface area contributed by atoms with Gasteiger partial charge in [0.2, 0.25) is 0 Å². The topological polar surface area (TPSA) is 32.3 Å². The minimum atomic E-state index is 0.227. The van der Waals surface area contributed by atoms with E-state index in [9.17, 15) is 0 Å². The lowest BCUT2D eigenvalue weighted by atomic mass is 9.96. The maximum absolute atomic E-state index is 9.02. The predicted molar refractivity (Wildman–Crippen MR) is 60.6 cm³/mol. The average Bonchev–Trinajstić information content (AvgIpc) is 2.16. The van der Waals surface area contributed by atoms with Gasteiger partial charge in [-0.1, -0.05) is 6.07 Å². The van der Waals surface area contributed by atoms with Crippen LogP contribution in [0, 0.1) is 3.57 Å². The minimum absolute atomic E-state index is 0.227. The third-order valence-corrected chi connectivity index (χ3v) is 3.11. The van der Waals surface area contributed by atoms with Crippen molar-refractivity contribution in [1.82, 2.24) is 5.32 Å². The Morgan fingerprint density at radius 3 is 3.08 bits per heavy atom. The largest absolute Gasteiger partial charge is 0.395 e. The summed E-state index contributed by atoms with van der Waals surface area (Å²) in [7, 11) is 0. The van der Waals surface area contributed by atoms with E-state index >= 15 is 0 Å². The molecule has 2 nitrogen and oxygen atoms in total. The highest BCUT2D eigenvalue weighted by Crippen LogP contribution is 2.19. The first-order valence-electron chi connectivity index (χ1n) is 4.41. The van der Waals surface area contributed by atoms with Crippen molar-refractivity contribution >= 4 is 22.6 Å². The molecule has 0 fully saturated rings. The lowest BCUT2D eigenvalue weighted by molar-refractivity contribution is 0.236. The summed E-state index contributed by atoms with van der Waals surface area (Å²) in [6.45, 7) is 1.11. The van der Waals surface area contributed by atoms with E-state index in [4.69, 9.17) is 5.11 Å². The zero-order chi connectivity index (χ0) is 9.26. The van der Waals surface area contributed by atoms with E-state index < -0.39 is 0 Å². The van der Waals surface area contributed by atoms with Crippen LogP contribution in [0.1, 0.15) is 11.1 Å². The molecule has 0 amide bonds. The molecular formula is C10H12INO. The molecule has 2 rings (SSSR count). The molecule has 0 aliphatic carbocycles. The number of nitrogens with one attached hydrogen (secondary N) is 1. The van der Waals surface area contributed by atoms with Crippen LogP contribution in [0.15, 0.2) is 18.2 Å². The zero-order valence-electron chi connectivity index (χ0n) is 7.26. The Balaban J connectivity index is 2.27. The molecule has 1 aromatic carbocycles. The van der Waals surface area contributed by atoms with Gasteiger partial charge in [0.25, 0.3) is 0 Å². The van der Waals surface area contributed by atoms with Crippen LogP contribution in [0.4, 0.5) is 0 Å². The summed E-state index contributed by atoms with van der Waals surface area (Å²) in [6.07, 6.45) is 0.947. The zero-order valence-corrected chi connectivity index (χ0v) is 9.41. The molecule has 2 N–H and O–H groups in total. The smallest absolute Gasteiger partial charge is 0.0587 e. The first-order valence-corrected chi connectivity index (χ1v) is 5.49. The highest BCUT2D eigenvalue weighted by molar-refractivity contribution is 14.1. The third-order valence-electron chi connectivity index (χ3n) is 2.44. The molecule has 0 unspecified atom stereocenters. The van der Waals surface area contributed by atoms with E-state index in [0.717, 1.165) is 13.0 Å². The fourth-order valence-electron chi connectivity index (χ4n) is 1.68. The lowest BCUT2D eigenvalue weighted by Crippen LogP contribution is -2.38. The van der Waals surface area contributed by atoms with Crippen LogP contribution in [-0.4, -0.2) is 17.8 Å². The van der Waals surface area contributed by atoms with Gasteiger partial charge in [-0.2, -0.15) is 0 Å². The van der Waals surface area contributed by atoms with Crippen molar-refractivity contribution in [1.29, 1.82) is 0 Å². The van der Waals surface area contributed by atoms with E-state index in [-0.39, 0.29) is 12.6 Å². The molecule has 0 radical (unpaired) electrons. The molecule has 0 bridgehead atoms. The third kappa shape index (κ3) is 2.03. The molecule has 13 heavy (non-hydrogen) atoms. The maximum Gasteiger partial charge on any atom is 0.0587 e. The Hall–Kier alpha value is -0.130. The van der Waals surface area contributed by atoms with E-state index in [2.05, 4.69) is 46.1 Å². The highest BCUT2D eigenvalue weighted by atomic mass is 127. The number of aliphatic hydroxyl groups excluding tert-OH is 1. The molecule has 1 aliphatic heterocycles. The van der Waals surface area contributed by atoms with E-state index in [1.165, 1.54) is 14.7 Å². The monoisotopic (exact) mass is 289 g/mol. The van der Waals surface area contributed by atoms with Gasteiger partial charge in [-0.05, 0) is 52.3 Å².